The van der Waals surface area contributed by atoms with Crippen molar-refractivity contribution in [2.45, 2.75) is 309 Å². The van der Waals surface area contributed by atoms with Gasteiger partial charge in [-0.05, 0) is 257 Å². The molecule has 0 radical (unpaired) electrons. The largest absolute Gasteiger partial charge is 0.466 e. The maximum absolute atomic E-state index is 13.6. The van der Waals surface area contributed by atoms with Crippen molar-refractivity contribution in [3.05, 3.63) is 120 Å². The van der Waals surface area contributed by atoms with E-state index in [1.54, 1.807) is 80.2 Å². The molecule has 8 rings (SSSR count). The highest BCUT2D eigenvalue weighted by molar-refractivity contribution is 5.81. The molecule has 0 saturated carbocycles. The van der Waals surface area contributed by atoms with Crippen molar-refractivity contribution in [2.75, 3.05) is 79.3 Å². The van der Waals surface area contributed by atoms with E-state index >= 15 is 0 Å². The van der Waals surface area contributed by atoms with Gasteiger partial charge in [-0.1, -0.05) is 93.8 Å². The summed E-state index contributed by atoms with van der Waals surface area (Å²) in [6.45, 7) is 12.7. The van der Waals surface area contributed by atoms with E-state index < -0.39 is 126 Å². The second-order valence-electron chi connectivity index (χ2n) is 35.8. The van der Waals surface area contributed by atoms with E-state index in [0.29, 0.717) is 177 Å². The summed E-state index contributed by atoms with van der Waals surface area (Å²) >= 11 is 0. The number of hydrogen-bond donors (Lipinski definition) is 0. The van der Waals surface area contributed by atoms with Crippen LogP contribution in [0.15, 0.2) is 97.7 Å². The Labute approximate surface area is 778 Å². The fraction of sp³-hybridized carbons (Fsp3) is 0.629. The van der Waals surface area contributed by atoms with Crippen LogP contribution in [0.4, 0.5) is 0 Å². The molecule has 0 amide bonds. The number of esters is 12. The van der Waals surface area contributed by atoms with Crippen LogP contribution >= 0.6 is 0 Å². The molecule has 0 bridgehead atoms. The van der Waals surface area contributed by atoms with Crippen molar-refractivity contribution in [3.8, 4) is 0 Å². The van der Waals surface area contributed by atoms with E-state index in [-0.39, 0.29) is 104 Å². The van der Waals surface area contributed by atoms with Crippen LogP contribution in [0, 0.1) is 5.41 Å². The Hall–Kier alpha value is -11.9. The first-order valence-electron chi connectivity index (χ1n) is 47.1. The van der Waals surface area contributed by atoms with Gasteiger partial charge in [0.2, 0.25) is 0 Å². The first-order valence-corrected chi connectivity index (χ1v) is 47.1. The number of allylic oxidation sites excluding steroid dienone is 16. The van der Waals surface area contributed by atoms with Gasteiger partial charge in [-0.15, -0.1) is 20.4 Å². The molecule has 0 saturated heterocycles. The highest BCUT2D eigenvalue weighted by Gasteiger charge is 2.40. The fourth-order valence-electron chi connectivity index (χ4n) is 13.9. The zero-order valence-corrected chi connectivity index (χ0v) is 78.8. The highest BCUT2D eigenvalue weighted by atomic mass is 16.6. The minimum atomic E-state index is -1.61. The normalized spacial score (nSPS) is 13.5. The van der Waals surface area contributed by atoms with E-state index in [1.807, 2.05) is 72.9 Å². The second kappa shape index (κ2) is 56.2. The molecule has 728 valence electrons. The van der Waals surface area contributed by atoms with Crippen LogP contribution in [-0.2, 0) is 137 Å². The molecule has 36 heteroatoms. The Morgan fingerprint density at radius 1 is 0.241 bits per heavy atom. The minimum absolute atomic E-state index is 0.0745. The summed E-state index contributed by atoms with van der Waals surface area (Å²) in [4.78, 5) is 157. The average Bonchev–Trinajstić information content (AvgIpc) is 1.71. The molecule has 0 unspecified atom stereocenters. The van der Waals surface area contributed by atoms with Crippen molar-refractivity contribution in [3.63, 3.8) is 0 Å². The topological polar surface area (TPSA) is 438 Å². The van der Waals surface area contributed by atoms with Gasteiger partial charge in [-0.25, -0.2) is 37.9 Å². The maximum atomic E-state index is 13.6. The van der Waals surface area contributed by atoms with Gasteiger partial charge in [-0.2, -0.15) is 0 Å². The zero-order valence-electron chi connectivity index (χ0n) is 78.8. The third-order valence-electron chi connectivity index (χ3n) is 23.0. The quantitative estimate of drug-likeness (QED) is 0.0225. The number of rotatable bonds is 68. The van der Waals surface area contributed by atoms with Crippen LogP contribution in [-0.4, -0.2) is 211 Å². The lowest BCUT2D eigenvalue weighted by Crippen LogP contribution is -2.44. The van der Waals surface area contributed by atoms with E-state index in [4.69, 9.17) is 56.8 Å². The number of carbonyl (C=O) groups is 12. The molecular weight excluding hydrogens is 1720 g/mol. The highest BCUT2D eigenvalue weighted by Crippen LogP contribution is 2.31. The number of unbranched alkanes of at least 4 members (excludes halogenated alkanes) is 16. The number of ether oxygens (including phenoxy) is 12. The van der Waals surface area contributed by atoms with Crippen molar-refractivity contribution in [2.24, 2.45) is 5.41 Å². The SMILES string of the molecule is CC(C)(C(=O)OCCCCCC(=O)OCCCCCC(=O)OCC(COC(=O)CCCCCOC(=O)CCCCCOC(=O)C(C)(C)n1cc(C2=CC=CC2)nn1)(COC(=O)CCCCCOC(=O)CCCCCOC(=O)C(C)(C)n1cc(C2=CC=CC2)nn1)COC(=O)CCCCCOC(=O)CCCCCOC(=O)C(C)(C)n1cc(C2=CC=CC2)nn1)n1cc(C2=CC=CC2)nn1. The number of nitrogens with zero attached hydrogens (tertiary/aromatic N) is 12. The van der Waals surface area contributed by atoms with Crippen LogP contribution in [0.5, 0.6) is 0 Å². The van der Waals surface area contributed by atoms with Crippen LogP contribution in [0.3, 0.4) is 0 Å². The van der Waals surface area contributed by atoms with E-state index in [2.05, 4.69) is 41.2 Å². The van der Waals surface area contributed by atoms with Gasteiger partial charge in [-0.3, -0.25) is 38.4 Å². The lowest BCUT2D eigenvalue weighted by Gasteiger charge is -2.31. The summed E-state index contributed by atoms with van der Waals surface area (Å²) in [6, 6.07) is 0. The van der Waals surface area contributed by atoms with Crippen LogP contribution in [0.1, 0.15) is 309 Å². The molecule has 0 N–H and O–H groups in total. The third kappa shape index (κ3) is 37.2. The molecule has 0 spiro atoms. The molecule has 4 aliphatic carbocycles. The smallest absolute Gasteiger partial charge is 0.333 e. The van der Waals surface area contributed by atoms with Crippen LogP contribution in [0.2, 0.25) is 0 Å². The Balaban J connectivity index is 0.770. The van der Waals surface area contributed by atoms with Gasteiger partial charge < -0.3 is 56.8 Å². The molecule has 4 aliphatic rings. The molecule has 0 aliphatic heterocycles. The van der Waals surface area contributed by atoms with Crippen molar-refractivity contribution in [1.82, 2.24) is 60.0 Å². The summed E-state index contributed by atoms with van der Waals surface area (Å²) in [5.74, 6) is -6.03. The van der Waals surface area contributed by atoms with Gasteiger partial charge in [0.15, 0.2) is 22.2 Å². The third-order valence-corrected chi connectivity index (χ3v) is 23.0. The summed E-state index contributed by atoms with van der Waals surface area (Å²) in [5, 5.41) is 33.5. The average molecular weight is 1850 g/mol. The molecule has 133 heavy (non-hydrogen) atoms. The second-order valence-corrected chi connectivity index (χ2v) is 35.8. The van der Waals surface area contributed by atoms with Gasteiger partial charge in [0.05, 0.1) is 77.6 Å². The van der Waals surface area contributed by atoms with Crippen LogP contribution in [0.25, 0.3) is 22.3 Å². The lowest BCUT2D eigenvalue weighted by molar-refractivity contribution is -0.171. The monoisotopic (exact) mass is 1850 g/mol. The number of aromatic nitrogens is 12. The molecule has 0 aromatic carbocycles. The lowest BCUT2D eigenvalue weighted by atomic mass is 9.92. The summed E-state index contributed by atoms with van der Waals surface area (Å²) in [5.41, 5.74) is 0.843. The predicted molar refractivity (Wildman–Crippen MR) is 486 cm³/mol. The zero-order chi connectivity index (χ0) is 95.8. The molecule has 0 atom stereocenters. The number of carbonyl (C=O) groups excluding carboxylic acids is 12. The molecule has 0 fully saturated rings. The summed E-state index contributed by atoms with van der Waals surface area (Å²) in [6.07, 6.45) is 45.5. The van der Waals surface area contributed by atoms with Crippen molar-refractivity contribution >= 4 is 93.9 Å². The number of hydrogen-bond acceptors (Lipinski definition) is 32. The Kier molecular flexibility index (Phi) is 45.0. The molecule has 4 aromatic rings. The van der Waals surface area contributed by atoms with Crippen molar-refractivity contribution < 1.29 is 114 Å². The van der Waals surface area contributed by atoms with E-state index in [9.17, 15) is 57.5 Å². The Morgan fingerprint density at radius 3 is 0.586 bits per heavy atom. The van der Waals surface area contributed by atoms with Crippen LogP contribution < -0.4 is 0 Å². The maximum Gasteiger partial charge on any atom is 0.333 e. The minimum Gasteiger partial charge on any atom is -0.466 e. The molecule has 4 heterocycles. The first kappa shape index (κ1) is 106. The molecule has 36 nitrogen and oxygen atoms in total. The van der Waals surface area contributed by atoms with E-state index in [0.717, 1.165) is 48.0 Å². The van der Waals surface area contributed by atoms with E-state index in [1.165, 1.54) is 18.7 Å². The summed E-state index contributed by atoms with van der Waals surface area (Å²) in [7, 11) is 0. The Morgan fingerprint density at radius 2 is 0.414 bits per heavy atom. The predicted octanol–water partition coefficient (Wildman–Crippen LogP) is 14.5. The summed E-state index contributed by atoms with van der Waals surface area (Å²) < 4.78 is 73.5. The first-order chi connectivity index (χ1) is 63.9. The molecule has 4 aromatic heterocycles. The fourth-order valence-corrected chi connectivity index (χ4v) is 13.9. The molecular formula is C97H136N12O24. The van der Waals surface area contributed by atoms with Gasteiger partial charge in [0, 0.05) is 51.4 Å². The Bertz CT molecular complexity index is 4150. The van der Waals surface area contributed by atoms with Gasteiger partial charge in [0.1, 0.15) is 54.6 Å². The van der Waals surface area contributed by atoms with Crippen molar-refractivity contribution in [1.29, 1.82) is 0 Å². The van der Waals surface area contributed by atoms with Gasteiger partial charge in [0.25, 0.3) is 0 Å². The standard InChI is InChI=1S/C97H136N12O24/c1-93(2,106-65-77(98-102-106)73-41-25-26-42-73)89(118)126-61-37-13-17-49-81(110)122-57-33-9-21-53-85(114)130-69-97(70-131-86(115)54-22-10-34-58-123-82(111)50-18-14-38-62-127-90(119)94(3,4)107-66-78(99-103-107)74-43-27-28-44-74,71-132-87(116)55-23-11-35-59-124-83(112)51-19-15-39-63-128-91(120)95(5,6)108-67-79(100-104-108)75-45-29-30-46-75)72-133-88(117)56-24-12-36-60-125-84(113)52-20-16-40-64-129-92(121)96(7,8)109-68-80(101-105-109)76-47-31-32-48-76/h25-32,41,43,45,47,65-68H,9-24,33-40,42,44,46,48-64,69-72H2,1-8H3. The van der Waals surface area contributed by atoms with Gasteiger partial charge >= 0.3 is 71.6 Å².